The van der Waals surface area contributed by atoms with Crippen LogP contribution in [0.5, 0.6) is 0 Å². The predicted molar refractivity (Wildman–Crippen MR) is 61.7 cm³/mol. The van der Waals surface area contributed by atoms with Crippen LogP contribution in [-0.2, 0) is 11.2 Å². The summed E-state index contributed by atoms with van der Waals surface area (Å²) in [5.41, 5.74) is 0.210. The Labute approximate surface area is 100 Å². The Morgan fingerprint density at radius 1 is 1.35 bits per heavy atom. The SMILES string of the molecule is COCCC(C)C(O)Cc1cccc(F)c1F. The van der Waals surface area contributed by atoms with E-state index in [1.165, 1.54) is 12.1 Å². The molecule has 0 spiro atoms. The zero-order chi connectivity index (χ0) is 12.8. The second-order valence-corrected chi connectivity index (χ2v) is 4.24. The Morgan fingerprint density at radius 3 is 2.71 bits per heavy atom. The zero-order valence-electron chi connectivity index (χ0n) is 10.1. The number of benzene rings is 1. The van der Waals surface area contributed by atoms with Crippen molar-refractivity contribution in [2.45, 2.75) is 25.9 Å². The van der Waals surface area contributed by atoms with Gasteiger partial charge in [-0.15, -0.1) is 0 Å². The van der Waals surface area contributed by atoms with Crippen molar-refractivity contribution >= 4 is 0 Å². The standard InChI is InChI=1S/C13H18F2O2/c1-9(6-7-17-2)12(16)8-10-4-3-5-11(14)13(10)15/h3-5,9,12,16H,6-8H2,1-2H3. The molecule has 0 fully saturated rings. The molecule has 0 aromatic heterocycles. The van der Waals surface area contributed by atoms with Gasteiger partial charge in [0, 0.05) is 20.1 Å². The third-order valence-corrected chi connectivity index (χ3v) is 2.89. The molecule has 0 amide bonds. The van der Waals surface area contributed by atoms with E-state index in [1.807, 2.05) is 6.92 Å². The summed E-state index contributed by atoms with van der Waals surface area (Å²) in [6.07, 6.45) is 0.116. The van der Waals surface area contributed by atoms with E-state index < -0.39 is 17.7 Å². The highest BCUT2D eigenvalue weighted by Crippen LogP contribution is 2.17. The molecule has 1 rings (SSSR count). The maximum atomic E-state index is 13.4. The number of aliphatic hydroxyl groups excluding tert-OH is 1. The molecule has 0 aliphatic heterocycles. The van der Waals surface area contributed by atoms with E-state index >= 15 is 0 Å². The molecular formula is C13H18F2O2. The summed E-state index contributed by atoms with van der Waals surface area (Å²) in [6.45, 7) is 2.41. The van der Waals surface area contributed by atoms with Crippen molar-refractivity contribution in [1.82, 2.24) is 0 Å². The van der Waals surface area contributed by atoms with E-state index in [0.717, 1.165) is 6.07 Å². The lowest BCUT2D eigenvalue weighted by Crippen LogP contribution is -2.22. The Kier molecular flexibility index (Phi) is 5.51. The van der Waals surface area contributed by atoms with E-state index in [2.05, 4.69) is 0 Å². The van der Waals surface area contributed by atoms with Gasteiger partial charge in [-0.1, -0.05) is 19.1 Å². The number of ether oxygens (including phenoxy) is 1. The summed E-state index contributed by atoms with van der Waals surface area (Å²) in [4.78, 5) is 0. The molecule has 0 radical (unpaired) electrons. The van der Waals surface area contributed by atoms with Gasteiger partial charge in [-0.2, -0.15) is 0 Å². The number of hydrogen-bond donors (Lipinski definition) is 1. The zero-order valence-corrected chi connectivity index (χ0v) is 10.1. The fourth-order valence-electron chi connectivity index (χ4n) is 1.63. The van der Waals surface area contributed by atoms with Crippen molar-refractivity contribution in [3.05, 3.63) is 35.4 Å². The van der Waals surface area contributed by atoms with Crippen LogP contribution < -0.4 is 0 Å². The minimum Gasteiger partial charge on any atom is -0.393 e. The molecule has 0 saturated heterocycles. The number of aliphatic hydroxyl groups is 1. The molecule has 2 unspecified atom stereocenters. The van der Waals surface area contributed by atoms with Crippen LogP contribution in [0, 0.1) is 17.6 Å². The van der Waals surface area contributed by atoms with Gasteiger partial charge in [-0.05, 0) is 24.0 Å². The molecule has 2 atom stereocenters. The number of halogens is 2. The topological polar surface area (TPSA) is 29.5 Å². The quantitative estimate of drug-likeness (QED) is 0.833. The summed E-state index contributed by atoms with van der Waals surface area (Å²) in [7, 11) is 1.59. The molecule has 2 nitrogen and oxygen atoms in total. The first kappa shape index (κ1) is 14.1. The maximum Gasteiger partial charge on any atom is 0.162 e. The summed E-state index contributed by atoms with van der Waals surface area (Å²) in [6, 6.07) is 4.00. The van der Waals surface area contributed by atoms with Crippen LogP contribution in [0.1, 0.15) is 18.9 Å². The van der Waals surface area contributed by atoms with Gasteiger partial charge >= 0.3 is 0 Å². The van der Waals surface area contributed by atoms with Crippen LogP contribution in [0.25, 0.3) is 0 Å². The average molecular weight is 244 g/mol. The van der Waals surface area contributed by atoms with Gasteiger partial charge < -0.3 is 9.84 Å². The molecule has 0 aliphatic rings. The van der Waals surface area contributed by atoms with Gasteiger partial charge in [-0.25, -0.2) is 8.78 Å². The van der Waals surface area contributed by atoms with Crippen LogP contribution in [-0.4, -0.2) is 24.9 Å². The Balaban J connectivity index is 2.61. The summed E-state index contributed by atoms with van der Waals surface area (Å²) < 4.78 is 31.2. The molecule has 1 aromatic rings. The van der Waals surface area contributed by atoms with Crippen molar-refractivity contribution in [3.8, 4) is 0 Å². The van der Waals surface area contributed by atoms with E-state index in [-0.39, 0.29) is 17.9 Å². The first-order valence-electron chi connectivity index (χ1n) is 5.66. The van der Waals surface area contributed by atoms with Crippen molar-refractivity contribution in [2.75, 3.05) is 13.7 Å². The number of methoxy groups -OCH3 is 1. The van der Waals surface area contributed by atoms with Crippen molar-refractivity contribution in [1.29, 1.82) is 0 Å². The fourth-order valence-corrected chi connectivity index (χ4v) is 1.63. The fraction of sp³-hybridized carbons (Fsp3) is 0.538. The lowest BCUT2D eigenvalue weighted by Gasteiger charge is -2.18. The van der Waals surface area contributed by atoms with Crippen molar-refractivity contribution in [2.24, 2.45) is 5.92 Å². The molecule has 0 aliphatic carbocycles. The summed E-state index contributed by atoms with van der Waals surface area (Å²) in [5, 5.41) is 9.87. The van der Waals surface area contributed by atoms with Crippen LogP contribution in [0.3, 0.4) is 0 Å². The van der Waals surface area contributed by atoms with Crippen LogP contribution >= 0.6 is 0 Å². The average Bonchev–Trinajstić information content (AvgIpc) is 2.31. The van der Waals surface area contributed by atoms with Crippen LogP contribution in [0.2, 0.25) is 0 Å². The highest BCUT2D eigenvalue weighted by atomic mass is 19.2. The van der Waals surface area contributed by atoms with Crippen LogP contribution in [0.4, 0.5) is 8.78 Å². The van der Waals surface area contributed by atoms with Gasteiger partial charge in [0.25, 0.3) is 0 Å². The molecule has 96 valence electrons. The molecule has 4 heteroatoms. The lowest BCUT2D eigenvalue weighted by molar-refractivity contribution is 0.0879. The lowest BCUT2D eigenvalue weighted by atomic mass is 9.95. The molecular weight excluding hydrogens is 226 g/mol. The van der Waals surface area contributed by atoms with E-state index in [9.17, 15) is 13.9 Å². The molecule has 0 heterocycles. The van der Waals surface area contributed by atoms with Gasteiger partial charge in [0.1, 0.15) is 0 Å². The molecule has 0 saturated carbocycles. The third kappa shape index (κ3) is 4.06. The number of hydrogen-bond acceptors (Lipinski definition) is 2. The monoisotopic (exact) mass is 244 g/mol. The van der Waals surface area contributed by atoms with Crippen LogP contribution in [0.15, 0.2) is 18.2 Å². The Morgan fingerprint density at radius 2 is 2.06 bits per heavy atom. The van der Waals surface area contributed by atoms with Crippen molar-refractivity contribution < 1.29 is 18.6 Å². The summed E-state index contributed by atoms with van der Waals surface area (Å²) in [5.74, 6) is -1.76. The second kappa shape index (κ2) is 6.67. The van der Waals surface area contributed by atoms with E-state index in [0.29, 0.717) is 13.0 Å². The minimum atomic E-state index is -0.876. The first-order chi connectivity index (χ1) is 8.06. The molecule has 17 heavy (non-hydrogen) atoms. The van der Waals surface area contributed by atoms with Gasteiger partial charge in [0.05, 0.1) is 6.10 Å². The van der Waals surface area contributed by atoms with E-state index in [1.54, 1.807) is 7.11 Å². The normalized spacial score (nSPS) is 14.6. The summed E-state index contributed by atoms with van der Waals surface area (Å²) >= 11 is 0. The van der Waals surface area contributed by atoms with Crippen molar-refractivity contribution in [3.63, 3.8) is 0 Å². The smallest absolute Gasteiger partial charge is 0.162 e. The first-order valence-corrected chi connectivity index (χ1v) is 5.66. The number of rotatable bonds is 6. The second-order valence-electron chi connectivity index (χ2n) is 4.24. The van der Waals surface area contributed by atoms with Gasteiger partial charge in [0.15, 0.2) is 11.6 Å². The van der Waals surface area contributed by atoms with Gasteiger partial charge in [-0.3, -0.25) is 0 Å². The highest BCUT2D eigenvalue weighted by Gasteiger charge is 2.17. The molecule has 0 bridgehead atoms. The molecule has 1 N–H and O–H groups in total. The Hall–Kier alpha value is -1.00. The largest absolute Gasteiger partial charge is 0.393 e. The highest BCUT2D eigenvalue weighted by molar-refractivity contribution is 5.19. The maximum absolute atomic E-state index is 13.4. The predicted octanol–water partition coefficient (Wildman–Crippen LogP) is 2.54. The Bertz CT molecular complexity index is 355. The molecule has 1 aromatic carbocycles. The third-order valence-electron chi connectivity index (χ3n) is 2.89. The van der Waals surface area contributed by atoms with Gasteiger partial charge in [0.2, 0.25) is 0 Å². The van der Waals surface area contributed by atoms with E-state index in [4.69, 9.17) is 4.74 Å². The minimum absolute atomic E-state index is 0.0161.